The number of benzene rings is 1. The van der Waals surface area contributed by atoms with Gasteiger partial charge in [0.1, 0.15) is 0 Å². The third kappa shape index (κ3) is 5.58. The van der Waals surface area contributed by atoms with Gasteiger partial charge in [0.25, 0.3) is 5.56 Å². The van der Waals surface area contributed by atoms with Crippen molar-refractivity contribution in [2.45, 2.75) is 58.3 Å². The van der Waals surface area contributed by atoms with Gasteiger partial charge in [-0.05, 0) is 37.5 Å². The Morgan fingerprint density at radius 3 is 2.73 bits per heavy atom. The Labute approximate surface area is 167 Å². The van der Waals surface area contributed by atoms with Crippen LogP contribution in [0.25, 0.3) is 10.9 Å². The van der Waals surface area contributed by atoms with Crippen LogP contribution >= 0.6 is 27.7 Å². The van der Waals surface area contributed by atoms with Crippen molar-refractivity contribution in [2.75, 3.05) is 5.75 Å². The van der Waals surface area contributed by atoms with E-state index in [1.54, 1.807) is 10.6 Å². The predicted molar refractivity (Wildman–Crippen MR) is 112 cm³/mol. The zero-order valence-electron chi connectivity index (χ0n) is 15.7. The highest BCUT2D eigenvalue weighted by Gasteiger charge is 2.15. The molecule has 2 rings (SSSR count). The number of hydrogen-bond donors (Lipinski definition) is 1. The lowest BCUT2D eigenvalue weighted by atomic mass is 10.2. The number of thioether (sulfide) groups is 1. The molecule has 7 heteroatoms. The lowest BCUT2D eigenvalue weighted by molar-refractivity contribution is -0.119. The number of fused-ring (bicyclic) bond motifs is 1. The Bertz CT molecular complexity index is 835. The first kappa shape index (κ1) is 21.0. The Morgan fingerprint density at radius 1 is 1.35 bits per heavy atom. The van der Waals surface area contributed by atoms with Crippen LogP contribution in [0.5, 0.6) is 0 Å². The van der Waals surface area contributed by atoms with Crippen molar-refractivity contribution in [2.24, 2.45) is 5.92 Å². The maximum Gasteiger partial charge on any atom is 0.262 e. The van der Waals surface area contributed by atoms with Crippen LogP contribution in [0.2, 0.25) is 0 Å². The number of hydrogen-bond acceptors (Lipinski definition) is 4. The molecule has 0 saturated heterocycles. The Balaban J connectivity index is 2.28. The first-order chi connectivity index (χ1) is 12.3. The van der Waals surface area contributed by atoms with E-state index >= 15 is 0 Å². The first-order valence-corrected chi connectivity index (χ1v) is 10.7. The second-order valence-electron chi connectivity index (χ2n) is 6.91. The maximum absolute atomic E-state index is 12.9. The smallest absolute Gasteiger partial charge is 0.262 e. The van der Waals surface area contributed by atoms with Crippen molar-refractivity contribution < 1.29 is 4.79 Å². The molecule has 1 aromatic heterocycles. The standard InChI is InChI=1S/C19H26BrN3O2S/c1-5-6-13(4)21-17(24)11-26-19-22-16-8-7-14(20)9-15(16)18(25)23(19)10-12(2)3/h7-9,12-13H,5-6,10-11H2,1-4H3,(H,21,24). The normalized spacial score (nSPS) is 12.5. The molecule has 0 aliphatic carbocycles. The zero-order valence-corrected chi connectivity index (χ0v) is 18.1. The molecule has 0 radical (unpaired) electrons. The van der Waals surface area contributed by atoms with Crippen molar-refractivity contribution in [1.29, 1.82) is 0 Å². The van der Waals surface area contributed by atoms with E-state index in [0.717, 1.165) is 17.3 Å². The van der Waals surface area contributed by atoms with E-state index in [0.29, 0.717) is 28.5 Å². The summed E-state index contributed by atoms with van der Waals surface area (Å²) in [5.74, 6) is 0.523. The molecule has 1 heterocycles. The molecule has 1 unspecified atom stereocenters. The van der Waals surface area contributed by atoms with Crippen LogP contribution in [0.1, 0.15) is 40.5 Å². The lowest BCUT2D eigenvalue weighted by Crippen LogP contribution is -2.34. The monoisotopic (exact) mass is 439 g/mol. The molecule has 1 atom stereocenters. The highest BCUT2D eigenvalue weighted by molar-refractivity contribution is 9.10. The molecule has 1 aromatic carbocycles. The number of halogens is 1. The van der Waals surface area contributed by atoms with E-state index in [1.807, 2.05) is 19.1 Å². The van der Waals surface area contributed by atoms with Crippen LogP contribution in [0.4, 0.5) is 0 Å². The summed E-state index contributed by atoms with van der Waals surface area (Å²) in [6.07, 6.45) is 1.99. The van der Waals surface area contributed by atoms with E-state index in [-0.39, 0.29) is 23.3 Å². The van der Waals surface area contributed by atoms with Crippen LogP contribution in [0, 0.1) is 5.92 Å². The Morgan fingerprint density at radius 2 is 2.08 bits per heavy atom. The fourth-order valence-corrected chi connectivity index (χ4v) is 3.94. The second kappa shape index (κ2) is 9.55. The number of carbonyl (C=O) groups is 1. The van der Waals surface area contributed by atoms with E-state index in [4.69, 9.17) is 0 Å². The second-order valence-corrected chi connectivity index (χ2v) is 8.77. The molecule has 0 spiro atoms. The molecule has 1 N–H and O–H groups in total. The number of amides is 1. The molecule has 1 amide bonds. The summed E-state index contributed by atoms with van der Waals surface area (Å²) in [6, 6.07) is 5.66. The van der Waals surface area contributed by atoms with E-state index < -0.39 is 0 Å². The van der Waals surface area contributed by atoms with E-state index in [2.05, 4.69) is 47.0 Å². The van der Waals surface area contributed by atoms with Gasteiger partial charge < -0.3 is 5.32 Å². The Hall–Kier alpha value is -1.34. The maximum atomic E-state index is 12.9. The van der Waals surface area contributed by atoms with Crippen molar-refractivity contribution in [3.63, 3.8) is 0 Å². The molecule has 0 aliphatic heterocycles. The summed E-state index contributed by atoms with van der Waals surface area (Å²) in [6.45, 7) is 8.80. The molecular formula is C19H26BrN3O2S. The van der Waals surface area contributed by atoms with E-state index in [9.17, 15) is 9.59 Å². The molecule has 2 aromatic rings. The third-order valence-electron chi connectivity index (χ3n) is 3.89. The molecule has 26 heavy (non-hydrogen) atoms. The van der Waals surface area contributed by atoms with Crippen LogP contribution in [0.15, 0.2) is 32.6 Å². The van der Waals surface area contributed by atoms with E-state index in [1.165, 1.54) is 11.8 Å². The summed E-state index contributed by atoms with van der Waals surface area (Å²) in [7, 11) is 0. The number of aromatic nitrogens is 2. The van der Waals surface area contributed by atoms with Crippen LogP contribution in [-0.4, -0.2) is 27.3 Å². The zero-order chi connectivity index (χ0) is 19.3. The van der Waals surface area contributed by atoms with Gasteiger partial charge in [-0.1, -0.05) is 54.9 Å². The predicted octanol–water partition coefficient (Wildman–Crippen LogP) is 4.21. The van der Waals surface area contributed by atoms with Crippen LogP contribution in [0.3, 0.4) is 0 Å². The molecule has 0 bridgehead atoms. The van der Waals surface area contributed by atoms with Crippen molar-refractivity contribution >= 4 is 44.5 Å². The number of nitrogens with zero attached hydrogens (tertiary/aromatic N) is 2. The van der Waals surface area contributed by atoms with Gasteiger partial charge in [-0.25, -0.2) is 4.98 Å². The SMILES string of the molecule is CCCC(C)NC(=O)CSc1nc2ccc(Br)cc2c(=O)n1CC(C)C. The highest BCUT2D eigenvalue weighted by Crippen LogP contribution is 2.21. The van der Waals surface area contributed by atoms with Gasteiger partial charge in [0.05, 0.1) is 16.7 Å². The first-order valence-electron chi connectivity index (χ1n) is 8.94. The van der Waals surface area contributed by atoms with Gasteiger partial charge in [-0.3, -0.25) is 14.2 Å². The molecular weight excluding hydrogens is 414 g/mol. The highest BCUT2D eigenvalue weighted by atomic mass is 79.9. The van der Waals surface area contributed by atoms with Gasteiger partial charge in [0.15, 0.2) is 5.16 Å². The van der Waals surface area contributed by atoms with Crippen molar-refractivity contribution in [1.82, 2.24) is 14.9 Å². The number of carbonyl (C=O) groups excluding carboxylic acids is 1. The molecule has 0 aliphatic rings. The third-order valence-corrected chi connectivity index (χ3v) is 5.36. The number of rotatable bonds is 8. The van der Waals surface area contributed by atoms with Gasteiger partial charge >= 0.3 is 0 Å². The molecule has 0 fully saturated rings. The minimum absolute atomic E-state index is 0.0304. The van der Waals surface area contributed by atoms with Crippen molar-refractivity contribution in [3.8, 4) is 0 Å². The fourth-order valence-electron chi connectivity index (χ4n) is 2.76. The largest absolute Gasteiger partial charge is 0.353 e. The van der Waals surface area contributed by atoms with Gasteiger partial charge in [0, 0.05) is 17.1 Å². The fraction of sp³-hybridized carbons (Fsp3) is 0.526. The summed E-state index contributed by atoms with van der Waals surface area (Å²) >= 11 is 4.73. The Kier molecular flexibility index (Phi) is 7.70. The number of nitrogens with one attached hydrogen (secondary N) is 1. The molecule has 5 nitrogen and oxygen atoms in total. The minimum Gasteiger partial charge on any atom is -0.353 e. The van der Waals surface area contributed by atoms with Gasteiger partial charge in [-0.2, -0.15) is 0 Å². The van der Waals surface area contributed by atoms with Crippen LogP contribution < -0.4 is 10.9 Å². The van der Waals surface area contributed by atoms with Crippen molar-refractivity contribution in [3.05, 3.63) is 33.0 Å². The quantitative estimate of drug-likeness (QED) is 0.494. The summed E-state index contributed by atoms with van der Waals surface area (Å²) in [4.78, 5) is 29.8. The molecule has 0 saturated carbocycles. The lowest BCUT2D eigenvalue weighted by Gasteiger charge is -2.16. The van der Waals surface area contributed by atoms with Crippen LogP contribution in [-0.2, 0) is 11.3 Å². The average molecular weight is 440 g/mol. The summed E-state index contributed by atoms with van der Waals surface area (Å²) < 4.78 is 2.54. The summed E-state index contributed by atoms with van der Waals surface area (Å²) in [5, 5.41) is 4.17. The van der Waals surface area contributed by atoms with Gasteiger partial charge in [-0.15, -0.1) is 0 Å². The van der Waals surface area contributed by atoms with Gasteiger partial charge in [0.2, 0.25) is 5.91 Å². The minimum atomic E-state index is -0.0627. The topological polar surface area (TPSA) is 64.0 Å². The average Bonchev–Trinajstić information content (AvgIpc) is 2.56. The summed E-state index contributed by atoms with van der Waals surface area (Å²) in [5.41, 5.74) is 0.590. The molecule has 142 valence electrons.